The van der Waals surface area contributed by atoms with E-state index < -0.39 is 11.9 Å². The first kappa shape index (κ1) is 26.4. The molecule has 4 aromatic rings. The number of nitrogens with two attached hydrogens (primary N) is 1. The third-order valence-electron chi connectivity index (χ3n) is 5.16. The average molecular weight is 505 g/mol. The van der Waals surface area contributed by atoms with Crippen LogP contribution in [0.3, 0.4) is 0 Å². The van der Waals surface area contributed by atoms with E-state index in [0.717, 1.165) is 22.1 Å². The standard InChI is InChI=1S/C18H16N2O3S.C9H12N2O/c21-17(9-6-12-4-2-1-3-5-12)19-14-7-8-15-13(10-14)11-16(24-15)18(22)20-23;10-9(12)11-7-6-8-4-2-1-3-5-8/h1-5,7-8,10-11,23H,6,9H2,(H,19,21)(H,20,22);1-5H,6-7H2,(H3,10,11,12). The van der Waals surface area contributed by atoms with Gasteiger partial charge in [-0.25, -0.2) is 10.3 Å². The Morgan fingerprint density at radius 3 is 2.08 bits per heavy atom. The van der Waals surface area contributed by atoms with Crippen LogP contribution in [0.2, 0.25) is 0 Å². The first-order chi connectivity index (χ1) is 17.4. The molecule has 9 heteroatoms. The fraction of sp³-hybridized carbons (Fsp3) is 0.148. The number of thiophene rings is 1. The van der Waals surface area contributed by atoms with E-state index in [2.05, 4.69) is 10.6 Å². The highest BCUT2D eigenvalue weighted by Crippen LogP contribution is 2.28. The molecule has 0 saturated heterocycles. The zero-order valence-electron chi connectivity index (χ0n) is 19.6. The minimum Gasteiger partial charge on any atom is -0.352 e. The smallest absolute Gasteiger partial charge is 0.312 e. The summed E-state index contributed by atoms with van der Waals surface area (Å²) in [6.45, 7) is 0.597. The number of hydroxylamine groups is 1. The van der Waals surface area contributed by atoms with Gasteiger partial charge < -0.3 is 16.4 Å². The van der Waals surface area contributed by atoms with Crippen molar-refractivity contribution >= 4 is 45.0 Å². The Labute approximate surface area is 213 Å². The number of nitrogens with one attached hydrogen (secondary N) is 3. The van der Waals surface area contributed by atoms with Crippen LogP contribution >= 0.6 is 11.3 Å². The molecule has 6 N–H and O–H groups in total. The Balaban J connectivity index is 0.000000253. The van der Waals surface area contributed by atoms with Crippen molar-refractivity contribution in [1.29, 1.82) is 0 Å². The van der Waals surface area contributed by atoms with Gasteiger partial charge in [-0.05, 0) is 53.6 Å². The minimum atomic E-state index is -0.537. The second-order valence-electron chi connectivity index (χ2n) is 7.86. The van der Waals surface area contributed by atoms with Crippen LogP contribution in [0.25, 0.3) is 10.1 Å². The van der Waals surface area contributed by atoms with Crippen molar-refractivity contribution in [2.24, 2.45) is 5.73 Å². The lowest BCUT2D eigenvalue weighted by atomic mass is 10.1. The van der Waals surface area contributed by atoms with Gasteiger partial charge in [0.15, 0.2) is 0 Å². The number of hydrogen-bond donors (Lipinski definition) is 5. The molecule has 1 heterocycles. The number of carbonyl (C=O) groups excluding carboxylic acids is 3. The lowest BCUT2D eigenvalue weighted by molar-refractivity contribution is -0.116. The van der Waals surface area contributed by atoms with Crippen molar-refractivity contribution in [1.82, 2.24) is 10.8 Å². The topological polar surface area (TPSA) is 134 Å². The average Bonchev–Trinajstić information content (AvgIpc) is 3.32. The van der Waals surface area contributed by atoms with E-state index in [4.69, 9.17) is 10.9 Å². The van der Waals surface area contributed by atoms with E-state index in [9.17, 15) is 14.4 Å². The summed E-state index contributed by atoms with van der Waals surface area (Å²) in [7, 11) is 0. The van der Waals surface area contributed by atoms with E-state index in [1.54, 1.807) is 17.6 Å². The molecule has 0 atom stereocenters. The predicted molar refractivity (Wildman–Crippen MR) is 142 cm³/mol. The van der Waals surface area contributed by atoms with Gasteiger partial charge >= 0.3 is 6.03 Å². The summed E-state index contributed by atoms with van der Waals surface area (Å²) in [4.78, 5) is 34.2. The van der Waals surface area contributed by atoms with Crippen LogP contribution in [-0.4, -0.2) is 29.6 Å². The summed E-state index contributed by atoms with van der Waals surface area (Å²) in [5.41, 5.74) is 9.54. The number of aryl methyl sites for hydroxylation is 1. The number of rotatable bonds is 8. The molecule has 8 nitrogen and oxygen atoms in total. The quantitative estimate of drug-likeness (QED) is 0.179. The largest absolute Gasteiger partial charge is 0.352 e. The monoisotopic (exact) mass is 504 g/mol. The summed E-state index contributed by atoms with van der Waals surface area (Å²) in [5.74, 6) is -0.591. The molecule has 0 aliphatic rings. The molecule has 0 radical (unpaired) electrons. The first-order valence-electron chi connectivity index (χ1n) is 11.3. The van der Waals surface area contributed by atoms with Crippen molar-refractivity contribution in [3.8, 4) is 0 Å². The van der Waals surface area contributed by atoms with Crippen LogP contribution < -0.4 is 21.8 Å². The Morgan fingerprint density at radius 1 is 0.833 bits per heavy atom. The van der Waals surface area contributed by atoms with Crippen molar-refractivity contribution in [2.45, 2.75) is 19.3 Å². The molecule has 0 aliphatic heterocycles. The van der Waals surface area contributed by atoms with Gasteiger partial charge in [0.2, 0.25) is 5.91 Å². The van der Waals surface area contributed by atoms with Crippen LogP contribution in [0.5, 0.6) is 0 Å². The summed E-state index contributed by atoms with van der Waals surface area (Å²) < 4.78 is 0.913. The van der Waals surface area contributed by atoms with Gasteiger partial charge in [-0.2, -0.15) is 0 Å². The van der Waals surface area contributed by atoms with Crippen LogP contribution in [-0.2, 0) is 17.6 Å². The molecular weight excluding hydrogens is 476 g/mol. The number of fused-ring (bicyclic) bond motifs is 1. The number of carbonyl (C=O) groups is 3. The lowest BCUT2D eigenvalue weighted by Crippen LogP contribution is -2.30. The van der Waals surface area contributed by atoms with Gasteiger partial charge in [-0.15, -0.1) is 11.3 Å². The van der Waals surface area contributed by atoms with Crippen molar-refractivity contribution in [3.63, 3.8) is 0 Å². The maximum atomic E-state index is 12.1. The van der Waals surface area contributed by atoms with E-state index in [0.29, 0.717) is 30.0 Å². The van der Waals surface area contributed by atoms with E-state index in [-0.39, 0.29) is 5.91 Å². The molecule has 1 aromatic heterocycles. The molecule has 0 unspecified atom stereocenters. The summed E-state index contributed by atoms with van der Waals surface area (Å²) in [6, 6.07) is 26.5. The molecule has 0 bridgehead atoms. The van der Waals surface area contributed by atoms with Crippen LogP contribution in [0.15, 0.2) is 84.9 Å². The van der Waals surface area contributed by atoms with E-state index in [1.165, 1.54) is 16.9 Å². The maximum Gasteiger partial charge on any atom is 0.312 e. The molecule has 4 rings (SSSR count). The molecule has 186 valence electrons. The Bertz CT molecular complexity index is 1290. The second-order valence-corrected chi connectivity index (χ2v) is 8.95. The Hall–Kier alpha value is -4.21. The minimum absolute atomic E-state index is 0.0539. The fourth-order valence-electron chi connectivity index (χ4n) is 3.39. The molecule has 0 aliphatic carbocycles. The number of hydrogen-bond acceptors (Lipinski definition) is 5. The van der Waals surface area contributed by atoms with E-state index in [1.807, 2.05) is 72.8 Å². The van der Waals surface area contributed by atoms with Crippen LogP contribution in [0.1, 0.15) is 27.2 Å². The van der Waals surface area contributed by atoms with Gasteiger partial charge in [0.1, 0.15) is 0 Å². The second kappa shape index (κ2) is 13.6. The summed E-state index contributed by atoms with van der Waals surface area (Å²) in [6.07, 6.45) is 1.92. The van der Waals surface area contributed by atoms with Crippen molar-refractivity contribution in [3.05, 3.63) is 101 Å². The van der Waals surface area contributed by atoms with Gasteiger partial charge in [0.05, 0.1) is 4.88 Å². The zero-order valence-corrected chi connectivity index (χ0v) is 20.4. The molecule has 36 heavy (non-hydrogen) atoms. The van der Waals surface area contributed by atoms with Crippen LogP contribution in [0.4, 0.5) is 10.5 Å². The Morgan fingerprint density at radius 2 is 1.47 bits per heavy atom. The fourth-order valence-corrected chi connectivity index (χ4v) is 4.32. The number of benzene rings is 3. The highest BCUT2D eigenvalue weighted by Gasteiger charge is 2.10. The predicted octanol–water partition coefficient (Wildman–Crippen LogP) is 4.49. The van der Waals surface area contributed by atoms with Gasteiger partial charge in [-0.1, -0.05) is 60.7 Å². The van der Waals surface area contributed by atoms with Gasteiger partial charge in [-0.3, -0.25) is 14.8 Å². The number of amides is 4. The van der Waals surface area contributed by atoms with Crippen LogP contribution in [0, 0.1) is 0 Å². The maximum absolute atomic E-state index is 12.1. The lowest BCUT2D eigenvalue weighted by Gasteiger charge is -2.05. The highest BCUT2D eigenvalue weighted by atomic mass is 32.1. The SMILES string of the molecule is NC(=O)NCCc1ccccc1.O=C(CCc1ccccc1)Nc1ccc2sc(C(=O)NO)cc2c1. The molecule has 4 amide bonds. The highest BCUT2D eigenvalue weighted by molar-refractivity contribution is 7.20. The zero-order chi connectivity index (χ0) is 25.8. The van der Waals surface area contributed by atoms with Gasteiger partial charge in [0, 0.05) is 23.4 Å². The normalized spacial score (nSPS) is 10.1. The summed E-state index contributed by atoms with van der Waals surface area (Å²) >= 11 is 1.28. The number of anilines is 1. The van der Waals surface area contributed by atoms with E-state index >= 15 is 0 Å². The molecular formula is C27H28N4O4S. The Kier molecular flexibility index (Phi) is 9.99. The molecule has 0 saturated carbocycles. The first-order valence-corrected chi connectivity index (χ1v) is 12.2. The molecule has 3 aromatic carbocycles. The molecule has 0 spiro atoms. The number of primary amides is 1. The molecule has 0 fully saturated rings. The number of urea groups is 1. The van der Waals surface area contributed by atoms with Crippen molar-refractivity contribution < 1.29 is 19.6 Å². The van der Waals surface area contributed by atoms with Crippen molar-refractivity contribution in [2.75, 3.05) is 11.9 Å². The van der Waals surface area contributed by atoms with Gasteiger partial charge in [0.25, 0.3) is 5.91 Å². The third kappa shape index (κ3) is 8.53. The summed E-state index contributed by atoms with van der Waals surface area (Å²) in [5, 5.41) is 14.9. The third-order valence-corrected chi connectivity index (χ3v) is 6.28.